The van der Waals surface area contributed by atoms with Crippen LogP contribution in [0.15, 0.2) is 48.7 Å². The third-order valence-electron chi connectivity index (χ3n) is 3.49. The number of nitrogens with one attached hydrogen (secondary N) is 1. The monoisotopic (exact) mass is 251 g/mol. The van der Waals surface area contributed by atoms with Gasteiger partial charge in [0.25, 0.3) is 0 Å². The van der Waals surface area contributed by atoms with Gasteiger partial charge in [0.2, 0.25) is 0 Å². The number of aromatic amines is 1. The summed E-state index contributed by atoms with van der Waals surface area (Å²) in [4.78, 5) is 3.21. The van der Waals surface area contributed by atoms with Crippen molar-refractivity contribution in [2.45, 2.75) is 20.5 Å². The molecule has 1 heterocycles. The van der Waals surface area contributed by atoms with E-state index < -0.39 is 0 Å². The second-order valence-electron chi connectivity index (χ2n) is 4.90. The van der Waals surface area contributed by atoms with Crippen molar-refractivity contribution in [3.63, 3.8) is 0 Å². The van der Waals surface area contributed by atoms with E-state index >= 15 is 0 Å². The van der Waals surface area contributed by atoms with Gasteiger partial charge in [-0.05, 0) is 48.7 Å². The minimum Gasteiger partial charge on any atom is -0.489 e. The number of hydrogen-bond acceptors (Lipinski definition) is 1. The molecule has 0 atom stereocenters. The number of H-pyrrole nitrogens is 1. The molecule has 2 aromatic carbocycles. The molecule has 0 saturated heterocycles. The highest BCUT2D eigenvalue weighted by Gasteiger charge is 2.04. The van der Waals surface area contributed by atoms with Crippen LogP contribution in [0.25, 0.3) is 10.9 Å². The SMILES string of the molecule is Cc1ccccc1COc1cc2cc[nH]c2cc1C. The van der Waals surface area contributed by atoms with Crippen molar-refractivity contribution in [3.05, 3.63) is 65.4 Å². The van der Waals surface area contributed by atoms with Gasteiger partial charge in [-0.1, -0.05) is 24.3 Å². The maximum absolute atomic E-state index is 5.97. The Kier molecular flexibility index (Phi) is 3.00. The normalized spacial score (nSPS) is 10.8. The number of hydrogen-bond donors (Lipinski definition) is 1. The largest absolute Gasteiger partial charge is 0.489 e. The van der Waals surface area contributed by atoms with E-state index in [4.69, 9.17) is 4.74 Å². The van der Waals surface area contributed by atoms with Crippen LogP contribution in [0.2, 0.25) is 0 Å². The van der Waals surface area contributed by atoms with Crippen LogP contribution in [0.1, 0.15) is 16.7 Å². The van der Waals surface area contributed by atoms with Gasteiger partial charge >= 0.3 is 0 Å². The number of fused-ring (bicyclic) bond motifs is 1. The van der Waals surface area contributed by atoms with Gasteiger partial charge in [0.1, 0.15) is 12.4 Å². The van der Waals surface area contributed by atoms with E-state index in [2.05, 4.69) is 55.2 Å². The van der Waals surface area contributed by atoms with Crippen LogP contribution < -0.4 is 4.74 Å². The molecule has 3 aromatic rings. The Bertz CT molecular complexity index is 712. The van der Waals surface area contributed by atoms with E-state index in [1.807, 2.05) is 12.3 Å². The molecule has 1 N–H and O–H groups in total. The van der Waals surface area contributed by atoms with Crippen molar-refractivity contribution in [1.29, 1.82) is 0 Å². The molecule has 0 fully saturated rings. The minimum atomic E-state index is 0.615. The Hall–Kier alpha value is -2.22. The molecule has 2 nitrogen and oxygen atoms in total. The van der Waals surface area contributed by atoms with Crippen molar-refractivity contribution in [3.8, 4) is 5.75 Å². The second-order valence-corrected chi connectivity index (χ2v) is 4.90. The molecule has 96 valence electrons. The van der Waals surface area contributed by atoms with Gasteiger partial charge in [-0.25, -0.2) is 0 Å². The van der Waals surface area contributed by atoms with Crippen molar-refractivity contribution in [1.82, 2.24) is 4.98 Å². The lowest BCUT2D eigenvalue weighted by atomic mass is 10.1. The summed E-state index contributed by atoms with van der Waals surface area (Å²) in [6.45, 7) is 4.80. The molecule has 0 saturated carbocycles. The summed E-state index contributed by atoms with van der Waals surface area (Å²) in [5.41, 5.74) is 4.81. The van der Waals surface area contributed by atoms with Crippen LogP contribution in [0.5, 0.6) is 5.75 Å². The molecule has 0 amide bonds. The summed E-state index contributed by atoms with van der Waals surface area (Å²) >= 11 is 0. The van der Waals surface area contributed by atoms with Crippen LogP contribution in [-0.4, -0.2) is 4.98 Å². The zero-order valence-electron chi connectivity index (χ0n) is 11.2. The number of aryl methyl sites for hydroxylation is 2. The smallest absolute Gasteiger partial charge is 0.123 e. The third kappa shape index (κ3) is 2.34. The lowest BCUT2D eigenvalue weighted by molar-refractivity contribution is 0.304. The molecule has 0 spiro atoms. The van der Waals surface area contributed by atoms with E-state index in [9.17, 15) is 0 Å². The molecule has 1 aromatic heterocycles. The predicted molar refractivity (Wildman–Crippen MR) is 78.5 cm³/mol. The summed E-state index contributed by atoms with van der Waals surface area (Å²) in [5, 5.41) is 1.19. The topological polar surface area (TPSA) is 25.0 Å². The van der Waals surface area contributed by atoms with E-state index in [1.54, 1.807) is 0 Å². The average molecular weight is 251 g/mol. The molecule has 0 bridgehead atoms. The van der Waals surface area contributed by atoms with Gasteiger partial charge in [0.15, 0.2) is 0 Å². The first-order valence-electron chi connectivity index (χ1n) is 6.49. The van der Waals surface area contributed by atoms with Gasteiger partial charge in [-0.15, -0.1) is 0 Å². The van der Waals surface area contributed by atoms with Crippen LogP contribution in [0.3, 0.4) is 0 Å². The summed E-state index contributed by atoms with van der Waals surface area (Å²) < 4.78 is 5.97. The maximum atomic E-state index is 5.97. The fourth-order valence-corrected chi connectivity index (χ4v) is 2.27. The number of aromatic nitrogens is 1. The number of rotatable bonds is 3. The number of ether oxygens (including phenoxy) is 1. The maximum Gasteiger partial charge on any atom is 0.123 e. The molecule has 3 rings (SSSR count). The lowest BCUT2D eigenvalue weighted by Gasteiger charge is -2.11. The Morgan fingerprint density at radius 2 is 1.84 bits per heavy atom. The Morgan fingerprint density at radius 1 is 1.00 bits per heavy atom. The zero-order chi connectivity index (χ0) is 13.2. The molecule has 0 unspecified atom stereocenters. The van der Waals surface area contributed by atoms with Gasteiger partial charge < -0.3 is 9.72 Å². The van der Waals surface area contributed by atoms with Crippen LogP contribution in [0, 0.1) is 13.8 Å². The van der Waals surface area contributed by atoms with Crippen molar-refractivity contribution in [2.24, 2.45) is 0 Å². The van der Waals surface area contributed by atoms with Gasteiger partial charge in [0, 0.05) is 17.1 Å². The van der Waals surface area contributed by atoms with Gasteiger partial charge in [-0.3, -0.25) is 0 Å². The molecule has 0 aliphatic carbocycles. The molecular weight excluding hydrogens is 234 g/mol. The Balaban J connectivity index is 1.85. The summed E-state index contributed by atoms with van der Waals surface area (Å²) in [6.07, 6.45) is 1.95. The first-order chi connectivity index (χ1) is 9.24. The first-order valence-corrected chi connectivity index (χ1v) is 6.49. The Morgan fingerprint density at radius 3 is 2.68 bits per heavy atom. The van der Waals surface area contributed by atoms with E-state index in [-0.39, 0.29) is 0 Å². The summed E-state index contributed by atoms with van der Waals surface area (Å²) in [7, 11) is 0. The standard InChI is InChI=1S/C17H17NO/c1-12-5-3-4-6-15(12)11-19-17-10-14-7-8-18-16(14)9-13(17)2/h3-10,18H,11H2,1-2H3. The molecular formula is C17H17NO. The fraction of sp³-hybridized carbons (Fsp3) is 0.176. The summed E-state index contributed by atoms with van der Waals surface area (Å²) in [6, 6.07) is 14.6. The molecule has 0 aliphatic rings. The molecule has 19 heavy (non-hydrogen) atoms. The third-order valence-corrected chi connectivity index (χ3v) is 3.49. The van der Waals surface area contributed by atoms with E-state index in [0.717, 1.165) is 16.8 Å². The van der Waals surface area contributed by atoms with E-state index in [1.165, 1.54) is 16.5 Å². The quantitative estimate of drug-likeness (QED) is 0.735. The predicted octanol–water partition coefficient (Wildman–Crippen LogP) is 4.36. The Labute approximate surface area is 113 Å². The van der Waals surface area contributed by atoms with Crippen LogP contribution in [0.4, 0.5) is 0 Å². The second kappa shape index (κ2) is 4.81. The van der Waals surface area contributed by atoms with Gasteiger partial charge in [0.05, 0.1) is 0 Å². The first kappa shape index (κ1) is 11.8. The van der Waals surface area contributed by atoms with Gasteiger partial charge in [-0.2, -0.15) is 0 Å². The molecule has 2 heteroatoms. The van der Waals surface area contributed by atoms with Crippen molar-refractivity contribution >= 4 is 10.9 Å². The highest BCUT2D eigenvalue weighted by atomic mass is 16.5. The van der Waals surface area contributed by atoms with Crippen LogP contribution >= 0.6 is 0 Å². The zero-order valence-corrected chi connectivity index (χ0v) is 11.2. The highest BCUT2D eigenvalue weighted by Crippen LogP contribution is 2.25. The van der Waals surface area contributed by atoms with Crippen molar-refractivity contribution < 1.29 is 4.74 Å². The number of benzene rings is 2. The average Bonchev–Trinajstić information content (AvgIpc) is 2.84. The van der Waals surface area contributed by atoms with Crippen molar-refractivity contribution in [2.75, 3.05) is 0 Å². The molecule has 0 aliphatic heterocycles. The fourth-order valence-electron chi connectivity index (χ4n) is 2.27. The molecule has 0 radical (unpaired) electrons. The minimum absolute atomic E-state index is 0.615. The van der Waals surface area contributed by atoms with E-state index in [0.29, 0.717) is 6.61 Å². The van der Waals surface area contributed by atoms with Crippen LogP contribution in [-0.2, 0) is 6.61 Å². The lowest BCUT2D eigenvalue weighted by Crippen LogP contribution is -1.98. The summed E-state index contributed by atoms with van der Waals surface area (Å²) in [5.74, 6) is 0.954. The highest BCUT2D eigenvalue weighted by molar-refractivity contribution is 5.82.